The topological polar surface area (TPSA) is 56.2 Å². The second kappa shape index (κ2) is 4.64. The van der Waals surface area contributed by atoms with Gasteiger partial charge in [0.15, 0.2) is 11.5 Å². The highest BCUT2D eigenvalue weighted by Gasteiger charge is 2.09. The molecule has 1 aromatic carbocycles. The molecule has 96 valence electrons. The summed E-state index contributed by atoms with van der Waals surface area (Å²) < 4.78 is 1.71. The fourth-order valence-electron chi connectivity index (χ4n) is 1.98. The number of aromatic nitrogens is 3. The standard InChI is InChI=1S/C14H13ClN4/c1-9-6-12(15)14-17-13(18-19(14)8-9)11-4-2-10(7-16)3-5-11/h2-6,8H,7,16H2,1H3. The molecule has 0 bridgehead atoms. The Kier molecular flexibility index (Phi) is 2.97. The number of benzene rings is 1. The van der Waals surface area contributed by atoms with E-state index in [9.17, 15) is 0 Å². The zero-order chi connectivity index (χ0) is 13.4. The lowest BCUT2D eigenvalue weighted by molar-refractivity contribution is 0.956. The summed E-state index contributed by atoms with van der Waals surface area (Å²) in [7, 11) is 0. The van der Waals surface area contributed by atoms with Gasteiger partial charge in [0, 0.05) is 18.3 Å². The molecule has 3 aromatic rings. The van der Waals surface area contributed by atoms with Gasteiger partial charge >= 0.3 is 0 Å². The number of nitrogens with zero attached hydrogens (tertiary/aromatic N) is 3. The Morgan fingerprint density at radius 1 is 1.26 bits per heavy atom. The molecule has 0 saturated heterocycles. The van der Waals surface area contributed by atoms with Gasteiger partial charge in [-0.15, -0.1) is 5.10 Å². The minimum absolute atomic E-state index is 0.532. The molecule has 19 heavy (non-hydrogen) atoms. The fraction of sp³-hybridized carbons (Fsp3) is 0.143. The number of nitrogens with two attached hydrogens (primary N) is 1. The van der Waals surface area contributed by atoms with Crippen molar-refractivity contribution in [1.82, 2.24) is 14.6 Å². The van der Waals surface area contributed by atoms with Crippen LogP contribution in [0.1, 0.15) is 11.1 Å². The molecule has 2 aromatic heterocycles. The number of halogens is 1. The number of rotatable bonds is 2. The molecular weight excluding hydrogens is 260 g/mol. The van der Waals surface area contributed by atoms with Crippen LogP contribution in [-0.4, -0.2) is 14.6 Å². The molecule has 0 radical (unpaired) electrons. The van der Waals surface area contributed by atoms with Crippen molar-refractivity contribution in [1.29, 1.82) is 0 Å². The minimum atomic E-state index is 0.532. The molecule has 0 atom stereocenters. The summed E-state index contributed by atoms with van der Waals surface area (Å²) in [5.74, 6) is 0.663. The first-order valence-corrected chi connectivity index (χ1v) is 6.37. The Hall–Kier alpha value is -1.91. The molecule has 0 unspecified atom stereocenters. The largest absolute Gasteiger partial charge is 0.326 e. The zero-order valence-corrected chi connectivity index (χ0v) is 11.2. The quantitative estimate of drug-likeness (QED) is 0.780. The third kappa shape index (κ3) is 2.20. The van der Waals surface area contributed by atoms with Gasteiger partial charge in [-0.3, -0.25) is 0 Å². The molecule has 0 aliphatic carbocycles. The lowest BCUT2D eigenvalue weighted by Gasteiger charge is -1.97. The second-order valence-electron chi connectivity index (χ2n) is 4.47. The van der Waals surface area contributed by atoms with E-state index in [1.165, 1.54) is 0 Å². The number of hydrogen-bond donors (Lipinski definition) is 1. The second-order valence-corrected chi connectivity index (χ2v) is 4.88. The summed E-state index contributed by atoms with van der Waals surface area (Å²) in [6.45, 7) is 2.51. The Morgan fingerprint density at radius 2 is 2.00 bits per heavy atom. The lowest BCUT2D eigenvalue weighted by atomic mass is 10.1. The van der Waals surface area contributed by atoms with Crippen LogP contribution in [0.15, 0.2) is 36.5 Å². The van der Waals surface area contributed by atoms with Crippen molar-refractivity contribution in [3.63, 3.8) is 0 Å². The molecule has 0 aliphatic heterocycles. The van der Waals surface area contributed by atoms with Crippen LogP contribution in [-0.2, 0) is 6.54 Å². The van der Waals surface area contributed by atoms with Gasteiger partial charge in [-0.2, -0.15) is 0 Å². The highest BCUT2D eigenvalue weighted by Crippen LogP contribution is 2.22. The van der Waals surface area contributed by atoms with E-state index in [1.54, 1.807) is 4.52 Å². The van der Waals surface area contributed by atoms with Crippen molar-refractivity contribution in [2.75, 3.05) is 0 Å². The average Bonchev–Trinajstić information content (AvgIpc) is 2.83. The molecule has 3 rings (SSSR count). The van der Waals surface area contributed by atoms with E-state index in [1.807, 2.05) is 43.5 Å². The van der Waals surface area contributed by atoms with Crippen LogP contribution in [0, 0.1) is 6.92 Å². The van der Waals surface area contributed by atoms with Crippen LogP contribution in [0.5, 0.6) is 0 Å². The van der Waals surface area contributed by atoms with Crippen LogP contribution in [0.4, 0.5) is 0 Å². The fourth-order valence-corrected chi connectivity index (χ4v) is 2.28. The number of pyridine rings is 1. The van der Waals surface area contributed by atoms with Crippen LogP contribution >= 0.6 is 11.6 Å². The first-order valence-electron chi connectivity index (χ1n) is 5.99. The summed E-state index contributed by atoms with van der Waals surface area (Å²) in [6, 6.07) is 9.78. The number of fused-ring (bicyclic) bond motifs is 1. The van der Waals surface area contributed by atoms with Gasteiger partial charge < -0.3 is 5.73 Å². The summed E-state index contributed by atoms with van der Waals surface area (Å²) in [5, 5.41) is 5.06. The van der Waals surface area contributed by atoms with E-state index in [0.29, 0.717) is 23.0 Å². The summed E-state index contributed by atoms with van der Waals surface area (Å²) in [4.78, 5) is 4.47. The van der Waals surface area contributed by atoms with Gasteiger partial charge in [0.1, 0.15) is 0 Å². The molecule has 5 heteroatoms. The number of aryl methyl sites for hydroxylation is 1. The van der Waals surface area contributed by atoms with Gasteiger partial charge in [-0.25, -0.2) is 9.50 Å². The van der Waals surface area contributed by atoms with E-state index in [0.717, 1.165) is 16.7 Å². The predicted octanol–water partition coefficient (Wildman–Crippen LogP) is 2.82. The van der Waals surface area contributed by atoms with E-state index in [2.05, 4.69) is 10.1 Å². The van der Waals surface area contributed by atoms with Crippen molar-refractivity contribution >= 4 is 17.2 Å². The molecule has 0 fully saturated rings. The molecule has 0 amide bonds. The van der Waals surface area contributed by atoms with Crippen LogP contribution in [0.25, 0.3) is 17.0 Å². The monoisotopic (exact) mass is 272 g/mol. The lowest BCUT2D eigenvalue weighted by Crippen LogP contribution is -1.95. The SMILES string of the molecule is Cc1cc(Cl)c2nc(-c3ccc(CN)cc3)nn2c1. The smallest absolute Gasteiger partial charge is 0.182 e. The van der Waals surface area contributed by atoms with Gasteiger partial charge in [0.2, 0.25) is 0 Å². The normalized spacial score (nSPS) is 11.1. The van der Waals surface area contributed by atoms with E-state index < -0.39 is 0 Å². The van der Waals surface area contributed by atoms with E-state index in [4.69, 9.17) is 17.3 Å². The van der Waals surface area contributed by atoms with Crippen LogP contribution < -0.4 is 5.73 Å². The molecule has 2 N–H and O–H groups in total. The zero-order valence-electron chi connectivity index (χ0n) is 10.5. The predicted molar refractivity (Wildman–Crippen MR) is 76.1 cm³/mol. The average molecular weight is 273 g/mol. The van der Waals surface area contributed by atoms with Gasteiger partial charge in [0.05, 0.1) is 5.02 Å². The Bertz CT molecular complexity index is 731. The van der Waals surface area contributed by atoms with E-state index in [-0.39, 0.29) is 0 Å². The highest BCUT2D eigenvalue weighted by molar-refractivity contribution is 6.33. The van der Waals surface area contributed by atoms with Gasteiger partial charge in [0.25, 0.3) is 0 Å². The maximum atomic E-state index is 6.17. The molecule has 2 heterocycles. The van der Waals surface area contributed by atoms with Crippen molar-refractivity contribution in [2.45, 2.75) is 13.5 Å². The van der Waals surface area contributed by atoms with Crippen LogP contribution in [0.3, 0.4) is 0 Å². The third-order valence-electron chi connectivity index (χ3n) is 2.97. The maximum absolute atomic E-state index is 6.17. The molecule has 0 saturated carbocycles. The van der Waals surface area contributed by atoms with Crippen molar-refractivity contribution in [3.8, 4) is 11.4 Å². The van der Waals surface area contributed by atoms with E-state index >= 15 is 0 Å². The minimum Gasteiger partial charge on any atom is -0.326 e. The van der Waals surface area contributed by atoms with Crippen molar-refractivity contribution in [2.24, 2.45) is 5.73 Å². The maximum Gasteiger partial charge on any atom is 0.182 e. The summed E-state index contributed by atoms with van der Waals surface area (Å²) >= 11 is 6.17. The molecular formula is C14H13ClN4. The van der Waals surface area contributed by atoms with Gasteiger partial charge in [-0.05, 0) is 24.1 Å². The van der Waals surface area contributed by atoms with Crippen molar-refractivity contribution in [3.05, 3.63) is 52.7 Å². The van der Waals surface area contributed by atoms with Crippen molar-refractivity contribution < 1.29 is 0 Å². The third-order valence-corrected chi connectivity index (χ3v) is 3.25. The Morgan fingerprint density at radius 3 is 2.68 bits per heavy atom. The first kappa shape index (κ1) is 12.1. The molecule has 0 aliphatic rings. The Balaban J connectivity index is 2.12. The highest BCUT2D eigenvalue weighted by atomic mass is 35.5. The summed E-state index contributed by atoms with van der Waals surface area (Å²) in [6.07, 6.45) is 1.91. The van der Waals surface area contributed by atoms with Gasteiger partial charge in [-0.1, -0.05) is 35.9 Å². The summed E-state index contributed by atoms with van der Waals surface area (Å²) in [5.41, 5.74) is 9.34. The Labute approximate surface area is 115 Å². The molecule has 4 nitrogen and oxygen atoms in total. The van der Waals surface area contributed by atoms with Crippen LogP contribution in [0.2, 0.25) is 5.02 Å². The first-order chi connectivity index (χ1) is 9.17. The molecule has 0 spiro atoms. The number of hydrogen-bond acceptors (Lipinski definition) is 3.